The van der Waals surface area contributed by atoms with Gasteiger partial charge in [0.2, 0.25) is 0 Å². The van der Waals surface area contributed by atoms with Gasteiger partial charge in [-0.25, -0.2) is 4.98 Å². The van der Waals surface area contributed by atoms with Gasteiger partial charge in [0.1, 0.15) is 11.6 Å². The van der Waals surface area contributed by atoms with Gasteiger partial charge in [0.25, 0.3) is 0 Å². The number of ketones is 1. The van der Waals surface area contributed by atoms with Crippen LogP contribution in [-0.4, -0.2) is 23.9 Å². The van der Waals surface area contributed by atoms with Crippen molar-refractivity contribution in [1.82, 2.24) is 4.98 Å². The van der Waals surface area contributed by atoms with Crippen LogP contribution in [0, 0.1) is 17.2 Å². The number of piperidine rings is 1. The van der Waals surface area contributed by atoms with Gasteiger partial charge in [0.05, 0.1) is 12.5 Å². The number of hydrogen-bond acceptors (Lipinski definition) is 4. The molecule has 0 atom stereocenters. The van der Waals surface area contributed by atoms with Crippen LogP contribution < -0.4 is 4.90 Å². The van der Waals surface area contributed by atoms with Crippen LogP contribution in [0.2, 0.25) is 0 Å². The maximum absolute atomic E-state index is 11.6. The Morgan fingerprint density at radius 3 is 2.82 bits per heavy atom. The van der Waals surface area contributed by atoms with E-state index in [1.54, 1.807) is 6.20 Å². The number of pyridine rings is 1. The van der Waals surface area contributed by atoms with Gasteiger partial charge in [0, 0.05) is 25.2 Å². The molecule has 1 fully saturated rings. The molecule has 0 unspecified atom stereocenters. The summed E-state index contributed by atoms with van der Waals surface area (Å²) in [5, 5.41) is 8.51. The second-order valence-electron chi connectivity index (χ2n) is 4.25. The normalized spacial score (nSPS) is 16.5. The predicted molar refractivity (Wildman–Crippen MR) is 64.4 cm³/mol. The molecule has 1 aliphatic rings. The average molecular weight is 229 g/mol. The zero-order valence-electron chi connectivity index (χ0n) is 9.67. The molecule has 2 heterocycles. The summed E-state index contributed by atoms with van der Waals surface area (Å²) in [6.07, 6.45) is 3.49. The van der Waals surface area contributed by atoms with Crippen LogP contribution >= 0.6 is 0 Å². The van der Waals surface area contributed by atoms with Gasteiger partial charge in [-0.2, -0.15) is 5.26 Å². The van der Waals surface area contributed by atoms with Gasteiger partial charge in [-0.05, 0) is 25.0 Å². The molecule has 1 aliphatic heterocycles. The summed E-state index contributed by atoms with van der Waals surface area (Å²) in [6, 6.07) is 7.78. The van der Waals surface area contributed by atoms with Crippen molar-refractivity contribution in [2.45, 2.75) is 19.3 Å². The number of Topliss-reactive ketones (excluding diaryl/α,β-unsaturated/α-hetero) is 1. The molecule has 2 rings (SSSR count). The molecule has 0 amide bonds. The van der Waals surface area contributed by atoms with E-state index < -0.39 is 0 Å². The van der Waals surface area contributed by atoms with Crippen molar-refractivity contribution in [3.8, 4) is 6.07 Å². The molecule has 0 saturated carbocycles. The number of anilines is 1. The molecule has 0 spiro atoms. The number of rotatable bonds is 3. The molecule has 17 heavy (non-hydrogen) atoms. The van der Waals surface area contributed by atoms with E-state index in [4.69, 9.17) is 5.26 Å². The number of carbonyl (C=O) groups excluding carboxylic acids is 1. The van der Waals surface area contributed by atoms with Crippen LogP contribution in [0.25, 0.3) is 0 Å². The predicted octanol–water partition coefficient (Wildman–Crippen LogP) is 1.78. The van der Waals surface area contributed by atoms with Gasteiger partial charge in [-0.3, -0.25) is 4.79 Å². The number of aromatic nitrogens is 1. The van der Waals surface area contributed by atoms with Crippen molar-refractivity contribution in [2.75, 3.05) is 18.0 Å². The average Bonchev–Trinajstić information content (AvgIpc) is 2.40. The fourth-order valence-corrected chi connectivity index (χ4v) is 2.19. The number of nitriles is 1. The fraction of sp³-hybridized carbons (Fsp3) is 0.462. The molecular formula is C13H15N3O. The van der Waals surface area contributed by atoms with Crippen LogP contribution in [-0.2, 0) is 4.79 Å². The second kappa shape index (κ2) is 5.44. The quantitative estimate of drug-likeness (QED) is 0.792. The minimum absolute atomic E-state index is 0.0499. The highest BCUT2D eigenvalue weighted by Crippen LogP contribution is 2.22. The Morgan fingerprint density at radius 2 is 2.24 bits per heavy atom. The van der Waals surface area contributed by atoms with Crippen molar-refractivity contribution in [1.29, 1.82) is 5.26 Å². The molecule has 4 nitrogen and oxygen atoms in total. The lowest BCUT2D eigenvalue weighted by Crippen LogP contribution is -2.36. The van der Waals surface area contributed by atoms with Gasteiger partial charge >= 0.3 is 0 Å². The van der Waals surface area contributed by atoms with Gasteiger partial charge in [0.15, 0.2) is 0 Å². The Balaban J connectivity index is 1.91. The number of hydrogen-bond donors (Lipinski definition) is 0. The van der Waals surface area contributed by atoms with Crippen molar-refractivity contribution in [3.05, 3.63) is 24.4 Å². The highest BCUT2D eigenvalue weighted by Gasteiger charge is 2.24. The summed E-state index contributed by atoms with van der Waals surface area (Å²) in [5.74, 6) is 1.13. The molecule has 1 aromatic rings. The van der Waals surface area contributed by atoms with Crippen molar-refractivity contribution >= 4 is 11.6 Å². The Morgan fingerprint density at radius 1 is 1.47 bits per heavy atom. The Hall–Kier alpha value is -1.89. The molecule has 1 saturated heterocycles. The molecule has 1 aromatic heterocycles. The number of carbonyl (C=O) groups is 1. The molecule has 0 aromatic carbocycles. The zero-order chi connectivity index (χ0) is 12.1. The topological polar surface area (TPSA) is 57.0 Å². The van der Waals surface area contributed by atoms with Gasteiger partial charge in [-0.15, -0.1) is 0 Å². The van der Waals surface area contributed by atoms with Crippen LogP contribution in [0.15, 0.2) is 24.4 Å². The Bertz CT molecular complexity index is 416. The highest BCUT2D eigenvalue weighted by atomic mass is 16.1. The van der Waals surface area contributed by atoms with E-state index >= 15 is 0 Å². The van der Waals surface area contributed by atoms with Gasteiger partial charge < -0.3 is 4.90 Å². The lowest BCUT2D eigenvalue weighted by molar-refractivity contribution is -0.122. The highest BCUT2D eigenvalue weighted by molar-refractivity contribution is 5.83. The van der Waals surface area contributed by atoms with Crippen LogP contribution in [0.5, 0.6) is 0 Å². The first-order chi connectivity index (χ1) is 8.31. The fourth-order valence-electron chi connectivity index (χ4n) is 2.19. The van der Waals surface area contributed by atoms with E-state index in [1.807, 2.05) is 24.3 Å². The summed E-state index contributed by atoms with van der Waals surface area (Å²) in [7, 11) is 0. The van der Waals surface area contributed by atoms with E-state index in [-0.39, 0.29) is 18.1 Å². The maximum atomic E-state index is 11.6. The van der Waals surface area contributed by atoms with E-state index in [2.05, 4.69) is 9.88 Å². The van der Waals surface area contributed by atoms with Crippen molar-refractivity contribution < 1.29 is 4.79 Å². The molecule has 4 heteroatoms. The summed E-state index contributed by atoms with van der Waals surface area (Å²) in [4.78, 5) is 18.1. The zero-order valence-corrected chi connectivity index (χ0v) is 9.67. The lowest BCUT2D eigenvalue weighted by Gasteiger charge is -2.31. The maximum Gasteiger partial charge on any atom is 0.150 e. The largest absolute Gasteiger partial charge is 0.357 e. The number of nitrogens with zero attached hydrogens (tertiary/aromatic N) is 3. The first-order valence-electron chi connectivity index (χ1n) is 5.87. The van der Waals surface area contributed by atoms with Crippen molar-refractivity contribution in [2.24, 2.45) is 5.92 Å². The monoisotopic (exact) mass is 229 g/mol. The Kier molecular flexibility index (Phi) is 3.71. The molecule has 0 radical (unpaired) electrons. The SMILES string of the molecule is N#CCC(=O)C1CCN(c2ccccn2)CC1. The molecule has 88 valence electrons. The Labute approximate surface area is 101 Å². The van der Waals surface area contributed by atoms with Crippen LogP contribution in [0.1, 0.15) is 19.3 Å². The summed E-state index contributed by atoms with van der Waals surface area (Å²) < 4.78 is 0. The lowest BCUT2D eigenvalue weighted by atomic mass is 9.91. The molecular weight excluding hydrogens is 214 g/mol. The third-order valence-electron chi connectivity index (χ3n) is 3.18. The van der Waals surface area contributed by atoms with E-state index in [0.717, 1.165) is 31.7 Å². The summed E-state index contributed by atoms with van der Waals surface area (Å²) in [6.45, 7) is 1.69. The van der Waals surface area contributed by atoms with Gasteiger partial charge in [-0.1, -0.05) is 6.07 Å². The first-order valence-corrected chi connectivity index (χ1v) is 5.87. The summed E-state index contributed by atoms with van der Waals surface area (Å²) >= 11 is 0. The van der Waals surface area contributed by atoms with Crippen LogP contribution in [0.3, 0.4) is 0 Å². The van der Waals surface area contributed by atoms with E-state index in [9.17, 15) is 4.79 Å². The third kappa shape index (κ3) is 2.82. The molecule has 0 aliphatic carbocycles. The molecule has 0 bridgehead atoms. The third-order valence-corrected chi connectivity index (χ3v) is 3.18. The first kappa shape index (κ1) is 11.6. The minimum atomic E-state index is 0.0499. The smallest absolute Gasteiger partial charge is 0.150 e. The standard InChI is InChI=1S/C13H15N3O/c14-7-4-12(17)11-5-9-16(10-6-11)13-3-1-2-8-15-13/h1-3,8,11H,4-6,9-10H2. The van der Waals surface area contributed by atoms with E-state index in [0.29, 0.717) is 0 Å². The molecule has 0 N–H and O–H groups in total. The van der Waals surface area contributed by atoms with Crippen LogP contribution in [0.4, 0.5) is 5.82 Å². The van der Waals surface area contributed by atoms with E-state index in [1.165, 1.54) is 0 Å². The van der Waals surface area contributed by atoms with Crippen molar-refractivity contribution in [3.63, 3.8) is 0 Å². The second-order valence-corrected chi connectivity index (χ2v) is 4.25. The minimum Gasteiger partial charge on any atom is -0.357 e. The summed E-state index contributed by atoms with van der Waals surface area (Å²) in [5.41, 5.74) is 0.